The molecule has 0 radical (unpaired) electrons. The van der Waals surface area contributed by atoms with Crippen LogP contribution in [0.15, 0.2) is 77.5 Å². The van der Waals surface area contributed by atoms with E-state index < -0.39 is 11.8 Å². The van der Waals surface area contributed by atoms with E-state index in [1.54, 1.807) is 66.7 Å². The standard InChI is InChI=1S/C25H20ClN3O5/c1-32-21-9-8-17(11-19(21)26)14-27-29-25(31)20(28-24(30)18-5-3-2-4-6-18)12-16-7-10-22-23(13-16)34-15-33-22/h2-14H,15H2,1H3,(H,28,30)(H,29,31)/b20-12+,27-14+. The summed E-state index contributed by atoms with van der Waals surface area (Å²) in [5.74, 6) is 0.642. The van der Waals surface area contributed by atoms with Crippen LogP contribution >= 0.6 is 11.6 Å². The molecule has 0 fully saturated rings. The van der Waals surface area contributed by atoms with Crippen LogP contribution in [0.2, 0.25) is 5.02 Å². The molecular formula is C25H20ClN3O5. The number of benzene rings is 3. The van der Waals surface area contributed by atoms with Gasteiger partial charge in [-0.15, -0.1) is 0 Å². The first-order valence-electron chi connectivity index (χ1n) is 10.2. The molecule has 0 bridgehead atoms. The summed E-state index contributed by atoms with van der Waals surface area (Å²) in [7, 11) is 1.52. The lowest BCUT2D eigenvalue weighted by Crippen LogP contribution is -2.32. The largest absolute Gasteiger partial charge is 0.495 e. The topological polar surface area (TPSA) is 98.2 Å². The third-order valence-electron chi connectivity index (χ3n) is 4.79. The predicted molar refractivity (Wildman–Crippen MR) is 128 cm³/mol. The van der Waals surface area contributed by atoms with Crippen molar-refractivity contribution in [3.8, 4) is 17.2 Å². The molecule has 0 unspecified atom stereocenters. The van der Waals surface area contributed by atoms with Gasteiger partial charge in [0, 0.05) is 5.56 Å². The van der Waals surface area contributed by atoms with Gasteiger partial charge in [-0.3, -0.25) is 9.59 Å². The second kappa shape index (κ2) is 10.5. The highest BCUT2D eigenvalue weighted by Crippen LogP contribution is 2.33. The summed E-state index contributed by atoms with van der Waals surface area (Å²) in [6.07, 6.45) is 2.96. The van der Waals surface area contributed by atoms with E-state index in [0.29, 0.717) is 39.0 Å². The van der Waals surface area contributed by atoms with E-state index >= 15 is 0 Å². The van der Waals surface area contributed by atoms with E-state index in [1.165, 1.54) is 19.4 Å². The molecule has 0 saturated carbocycles. The fourth-order valence-corrected chi connectivity index (χ4v) is 3.37. The van der Waals surface area contributed by atoms with Crippen LogP contribution in [0.1, 0.15) is 21.5 Å². The monoisotopic (exact) mass is 477 g/mol. The molecule has 9 heteroatoms. The fourth-order valence-electron chi connectivity index (χ4n) is 3.10. The second-order valence-corrected chi connectivity index (χ2v) is 7.49. The van der Waals surface area contributed by atoms with Gasteiger partial charge >= 0.3 is 0 Å². The maximum absolute atomic E-state index is 12.9. The Bertz CT molecular complexity index is 1270. The van der Waals surface area contributed by atoms with Crippen molar-refractivity contribution in [3.63, 3.8) is 0 Å². The summed E-state index contributed by atoms with van der Waals surface area (Å²) >= 11 is 6.12. The minimum atomic E-state index is -0.613. The molecule has 0 aromatic heterocycles. The van der Waals surface area contributed by atoms with Gasteiger partial charge in [-0.05, 0) is 59.7 Å². The molecular weight excluding hydrogens is 458 g/mol. The Hall–Kier alpha value is -4.30. The highest BCUT2D eigenvalue weighted by Gasteiger charge is 2.17. The number of carbonyl (C=O) groups is 2. The fraction of sp³-hybridized carbons (Fsp3) is 0.0800. The van der Waals surface area contributed by atoms with E-state index in [0.717, 1.165) is 0 Å². The average Bonchev–Trinajstić information content (AvgIpc) is 3.32. The Labute approximate surface area is 200 Å². The molecule has 34 heavy (non-hydrogen) atoms. The summed E-state index contributed by atoms with van der Waals surface area (Å²) in [6.45, 7) is 0.130. The van der Waals surface area contributed by atoms with Gasteiger partial charge in [-0.25, -0.2) is 5.43 Å². The quantitative estimate of drug-likeness (QED) is 0.304. The third kappa shape index (κ3) is 5.54. The van der Waals surface area contributed by atoms with Crippen molar-refractivity contribution < 1.29 is 23.8 Å². The number of carbonyl (C=O) groups excluding carboxylic acids is 2. The van der Waals surface area contributed by atoms with Gasteiger partial charge in [0.2, 0.25) is 6.79 Å². The summed E-state index contributed by atoms with van der Waals surface area (Å²) in [5, 5.41) is 7.04. The number of fused-ring (bicyclic) bond motifs is 1. The zero-order valence-electron chi connectivity index (χ0n) is 18.1. The van der Waals surface area contributed by atoms with Gasteiger partial charge in [0.1, 0.15) is 11.4 Å². The number of methoxy groups -OCH3 is 1. The Morgan fingerprint density at radius 2 is 1.76 bits per heavy atom. The zero-order valence-corrected chi connectivity index (χ0v) is 18.8. The SMILES string of the molecule is COc1ccc(/C=N/NC(=O)/C(=C\c2ccc3c(c2)OCO3)NC(=O)c2ccccc2)cc1Cl. The molecule has 172 valence electrons. The lowest BCUT2D eigenvalue weighted by molar-refractivity contribution is -0.117. The Kier molecular flexibility index (Phi) is 7.10. The first-order chi connectivity index (χ1) is 16.5. The summed E-state index contributed by atoms with van der Waals surface area (Å²) < 4.78 is 15.8. The van der Waals surface area contributed by atoms with Crippen molar-refractivity contribution in [3.05, 3.63) is 94.1 Å². The Balaban J connectivity index is 1.54. The number of amides is 2. The first-order valence-corrected chi connectivity index (χ1v) is 10.6. The molecule has 3 aromatic carbocycles. The molecule has 4 rings (SSSR count). The van der Waals surface area contributed by atoms with Crippen molar-refractivity contribution in [1.82, 2.24) is 10.7 Å². The molecule has 8 nitrogen and oxygen atoms in total. The molecule has 2 N–H and O–H groups in total. The maximum Gasteiger partial charge on any atom is 0.287 e. The molecule has 0 atom stereocenters. The van der Waals surface area contributed by atoms with E-state index in [9.17, 15) is 9.59 Å². The van der Waals surface area contributed by atoms with E-state index in [-0.39, 0.29) is 12.5 Å². The van der Waals surface area contributed by atoms with Gasteiger partial charge in [0.25, 0.3) is 11.8 Å². The van der Waals surface area contributed by atoms with Crippen molar-refractivity contribution in [2.24, 2.45) is 5.10 Å². The number of hydrogen-bond donors (Lipinski definition) is 2. The van der Waals surface area contributed by atoms with Crippen LogP contribution in [0.4, 0.5) is 0 Å². The van der Waals surface area contributed by atoms with E-state index in [1.807, 2.05) is 0 Å². The lowest BCUT2D eigenvalue weighted by Gasteiger charge is -2.09. The van der Waals surface area contributed by atoms with Crippen molar-refractivity contribution >= 4 is 35.7 Å². The normalized spacial score (nSPS) is 12.5. The maximum atomic E-state index is 12.9. The van der Waals surface area contributed by atoms with Gasteiger partial charge in [-0.1, -0.05) is 35.9 Å². The predicted octanol–water partition coefficient (Wildman–Crippen LogP) is 4.00. The van der Waals surface area contributed by atoms with Crippen LogP contribution in [0.5, 0.6) is 17.2 Å². The average molecular weight is 478 g/mol. The molecule has 1 aliphatic heterocycles. The van der Waals surface area contributed by atoms with E-state index in [4.69, 9.17) is 25.8 Å². The van der Waals surface area contributed by atoms with E-state index in [2.05, 4.69) is 15.8 Å². The summed E-state index contributed by atoms with van der Waals surface area (Å²) in [5.41, 5.74) is 4.12. The summed E-state index contributed by atoms with van der Waals surface area (Å²) in [6, 6.07) is 18.8. The molecule has 1 aliphatic rings. The van der Waals surface area contributed by atoms with Crippen LogP contribution < -0.4 is 25.0 Å². The number of rotatable bonds is 7. The summed E-state index contributed by atoms with van der Waals surface area (Å²) in [4.78, 5) is 25.6. The Morgan fingerprint density at radius 3 is 2.53 bits per heavy atom. The first kappa shape index (κ1) is 22.9. The number of nitrogens with zero attached hydrogens (tertiary/aromatic N) is 1. The van der Waals surface area contributed by atoms with Crippen molar-refractivity contribution in [2.75, 3.05) is 13.9 Å². The number of hydrazone groups is 1. The van der Waals surface area contributed by atoms with Gasteiger partial charge < -0.3 is 19.5 Å². The number of halogens is 1. The third-order valence-corrected chi connectivity index (χ3v) is 5.09. The van der Waals surface area contributed by atoms with Crippen molar-refractivity contribution in [1.29, 1.82) is 0 Å². The highest BCUT2D eigenvalue weighted by molar-refractivity contribution is 6.32. The van der Waals surface area contributed by atoms with Crippen LogP contribution in [-0.4, -0.2) is 31.9 Å². The van der Waals surface area contributed by atoms with Crippen LogP contribution in [-0.2, 0) is 4.79 Å². The Morgan fingerprint density at radius 1 is 1.00 bits per heavy atom. The molecule has 0 saturated heterocycles. The van der Waals surface area contributed by atoms with Gasteiger partial charge in [0.05, 0.1) is 18.3 Å². The van der Waals surface area contributed by atoms with Gasteiger partial charge in [-0.2, -0.15) is 5.10 Å². The highest BCUT2D eigenvalue weighted by atomic mass is 35.5. The molecule has 0 aliphatic carbocycles. The molecule has 1 heterocycles. The number of ether oxygens (including phenoxy) is 3. The number of hydrogen-bond acceptors (Lipinski definition) is 6. The number of nitrogens with one attached hydrogen (secondary N) is 2. The smallest absolute Gasteiger partial charge is 0.287 e. The lowest BCUT2D eigenvalue weighted by atomic mass is 10.1. The van der Waals surface area contributed by atoms with Crippen LogP contribution in [0.3, 0.4) is 0 Å². The second-order valence-electron chi connectivity index (χ2n) is 7.08. The molecule has 0 spiro atoms. The zero-order chi connectivity index (χ0) is 23.9. The minimum Gasteiger partial charge on any atom is -0.495 e. The minimum absolute atomic E-state index is 0.00219. The van der Waals surface area contributed by atoms with Crippen molar-refractivity contribution in [2.45, 2.75) is 0 Å². The van der Waals surface area contributed by atoms with Crippen LogP contribution in [0, 0.1) is 0 Å². The molecule has 3 aromatic rings. The van der Waals surface area contributed by atoms with Crippen LogP contribution in [0.25, 0.3) is 6.08 Å². The van der Waals surface area contributed by atoms with Gasteiger partial charge in [0.15, 0.2) is 11.5 Å². The molecule has 2 amide bonds.